The first kappa shape index (κ1) is 19.1. The van der Waals surface area contributed by atoms with Crippen LogP contribution in [0, 0.1) is 17.8 Å². The Hall–Kier alpha value is -2.88. The fraction of sp³-hybridized carbons (Fsp3) is 0.417. The highest BCUT2D eigenvalue weighted by atomic mass is 16.5. The number of imidazole rings is 1. The van der Waals surface area contributed by atoms with Crippen molar-refractivity contribution in [3.8, 4) is 23.2 Å². The molecular formula is C24H26N4O2. The standard InChI is InChI=1S/C24H26N4O2/c1-16(29)24-25-10-11-28(24)15-22-14-23(30-27-22)19-6-4-17(5-7-19)2-3-18-12-21(13-18)26-20-8-9-20/h4-7,10-11,14,16,18,20-21,26,29H,8-9,12-13,15H2,1H3. The molecule has 6 heteroatoms. The van der Waals surface area contributed by atoms with Gasteiger partial charge in [0.05, 0.1) is 6.54 Å². The van der Waals surface area contributed by atoms with Gasteiger partial charge in [0, 0.05) is 47.6 Å². The average Bonchev–Trinajstić information content (AvgIpc) is 3.21. The zero-order chi connectivity index (χ0) is 20.5. The van der Waals surface area contributed by atoms with E-state index in [9.17, 15) is 5.11 Å². The largest absolute Gasteiger partial charge is 0.385 e. The van der Waals surface area contributed by atoms with Crippen LogP contribution >= 0.6 is 0 Å². The lowest BCUT2D eigenvalue weighted by Crippen LogP contribution is -2.41. The second-order valence-electron chi connectivity index (χ2n) is 8.42. The summed E-state index contributed by atoms with van der Waals surface area (Å²) in [6, 6.07) is 11.5. The van der Waals surface area contributed by atoms with Gasteiger partial charge in [-0.15, -0.1) is 0 Å². The number of aromatic nitrogens is 3. The molecule has 1 aromatic carbocycles. The van der Waals surface area contributed by atoms with Gasteiger partial charge < -0.3 is 19.5 Å². The first-order valence-corrected chi connectivity index (χ1v) is 10.7. The summed E-state index contributed by atoms with van der Waals surface area (Å²) >= 11 is 0. The second kappa shape index (κ2) is 8.10. The van der Waals surface area contributed by atoms with Crippen LogP contribution in [-0.2, 0) is 6.54 Å². The molecule has 154 valence electrons. The molecule has 2 fully saturated rings. The van der Waals surface area contributed by atoms with Crippen LogP contribution in [0.1, 0.15) is 55.8 Å². The van der Waals surface area contributed by atoms with E-state index < -0.39 is 6.10 Å². The monoisotopic (exact) mass is 402 g/mol. The van der Waals surface area contributed by atoms with Gasteiger partial charge in [-0.3, -0.25) is 0 Å². The Bertz CT molecular complexity index is 1060. The zero-order valence-corrected chi connectivity index (χ0v) is 17.1. The van der Waals surface area contributed by atoms with Gasteiger partial charge in [-0.1, -0.05) is 17.0 Å². The van der Waals surface area contributed by atoms with Gasteiger partial charge in [0.25, 0.3) is 0 Å². The highest BCUT2D eigenvalue weighted by Crippen LogP contribution is 2.30. The lowest BCUT2D eigenvalue weighted by molar-refractivity contribution is 0.184. The molecule has 30 heavy (non-hydrogen) atoms. The number of benzene rings is 1. The highest BCUT2D eigenvalue weighted by molar-refractivity contribution is 5.59. The van der Waals surface area contributed by atoms with E-state index in [1.54, 1.807) is 13.1 Å². The summed E-state index contributed by atoms with van der Waals surface area (Å²) in [7, 11) is 0. The lowest BCUT2D eigenvalue weighted by Gasteiger charge is -2.32. The SMILES string of the molecule is CC(O)c1nccn1Cc1cc(-c2ccc(C#CC3CC(NC4CC4)C3)cc2)on1. The molecule has 2 aliphatic carbocycles. The fourth-order valence-electron chi connectivity index (χ4n) is 3.88. The number of hydrogen-bond acceptors (Lipinski definition) is 5. The molecule has 0 radical (unpaired) electrons. The Morgan fingerprint density at radius 1 is 1.23 bits per heavy atom. The van der Waals surface area contributed by atoms with Crippen molar-refractivity contribution in [3.05, 3.63) is 59.8 Å². The van der Waals surface area contributed by atoms with E-state index >= 15 is 0 Å². The molecule has 2 N–H and O–H groups in total. The third kappa shape index (κ3) is 4.33. The van der Waals surface area contributed by atoms with Crippen molar-refractivity contribution in [2.24, 2.45) is 5.92 Å². The smallest absolute Gasteiger partial charge is 0.167 e. The highest BCUT2D eigenvalue weighted by Gasteiger charge is 2.32. The lowest BCUT2D eigenvalue weighted by atomic mass is 9.80. The maximum atomic E-state index is 9.79. The van der Waals surface area contributed by atoms with Crippen LogP contribution in [0.15, 0.2) is 47.2 Å². The summed E-state index contributed by atoms with van der Waals surface area (Å²) in [6.45, 7) is 2.21. The predicted octanol–water partition coefficient (Wildman–Crippen LogP) is 3.52. The summed E-state index contributed by atoms with van der Waals surface area (Å²) in [4.78, 5) is 4.18. The van der Waals surface area contributed by atoms with E-state index in [1.165, 1.54) is 25.7 Å². The average molecular weight is 402 g/mol. The zero-order valence-electron chi connectivity index (χ0n) is 17.1. The Morgan fingerprint density at radius 3 is 2.77 bits per heavy atom. The van der Waals surface area contributed by atoms with Gasteiger partial charge in [-0.2, -0.15) is 0 Å². The number of aliphatic hydroxyl groups excluding tert-OH is 1. The minimum absolute atomic E-state index is 0.505. The molecule has 2 heterocycles. The molecule has 0 spiro atoms. The number of rotatable bonds is 6. The van der Waals surface area contributed by atoms with E-state index in [4.69, 9.17) is 4.52 Å². The molecule has 1 unspecified atom stereocenters. The number of nitrogens with one attached hydrogen (secondary N) is 1. The van der Waals surface area contributed by atoms with E-state index in [2.05, 4.69) is 27.3 Å². The fourth-order valence-corrected chi connectivity index (χ4v) is 3.88. The maximum Gasteiger partial charge on any atom is 0.167 e. The Morgan fingerprint density at radius 2 is 2.03 bits per heavy atom. The van der Waals surface area contributed by atoms with Crippen molar-refractivity contribution in [1.82, 2.24) is 20.0 Å². The van der Waals surface area contributed by atoms with Crippen LogP contribution in [0.4, 0.5) is 0 Å². The van der Waals surface area contributed by atoms with Crippen LogP contribution < -0.4 is 5.32 Å². The third-order valence-corrected chi connectivity index (χ3v) is 5.79. The summed E-state index contributed by atoms with van der Waals surface area (Å²) < 4.78 is 7.39. The van der Waals surface area contributed by atoms with Crippen molar-refractivity contribution < 1.29 is 9.63 Å². The second-order valence-corrected chi connectivity index (χ2v) is 8.42. The van der Waals surface area contributed by atoms with Crippen molar-refractivity contribution in [1.29, 1.82) is 0 Å². The minimum atomic E-state index is -0.625. The summed E-state index contributed by atoms with van der Waals surface area (Å²) in [5.41, 5.74) is 2.78. The van der Waals surface area contributed by atoms with Gasteiger partial charge in [-0.05, 0) is 56.9 Å². The van der Waals surface area contributed by atoms with E-state index in [0.717, 1.165) is 28.6 Å². The predicted molar refractivity (Wildman–Crippen MR) is 113 cm³/mol. The number of hydrogen-bond donors (Lipinski definition) is 2. The normalized spacial score (nSPS) is 21.5. The first-order chi connectivity index (χ1) is 14.6. The molecule has 0 saturated heterocycles. The molecule has 2 saturated carbocycles. The van der Waals surface area contributed by atoms with Crippen LogP contribution in [0.25, 0.3) is 11.3 Å². The van der Waals surface area contributed by atoms with Crippen LogP contribution in [0.2, 0.25) is 0 Å². The van der Waals surface area contributed by atoms with Crippen LogP contribution in [0.5, 0.6) is 0 Å². The molecule has 6 nitrogen and oxygen atoms in total. The van der Waals surface area contributed by atoms with Gasteiger partial charge in [0.1, 0.15) is 17.6 Å². The number of nitrogens with zero attached hydrogens (tertiary/aromatic N) is 3. The molecule has 2 aliphatic rings. The molecule has 5 rings (SSSR count). The molecular weight excluding hydrogens is 376 g/mol. The van der Waals surface area contributed by atoms with Gasteiger partial charge in [-0.25, -0.2) is 4.98 Å². The van der Waals surface area contributed by atoms with Crippen LogP contribution in [0.3, 0.4) is 0 Å². The molecule has 1 atom stereocenters. The van der Waals surface area contributed by atoms with E-state index in [-0.39, 0.29) is 0 Å². The topological polar surface area (TPSA) is 76.1 Å². The molecule has 0 bridgehead atoms. The minimum Gasteiger partial charge on any atom is -0.385 e. The van der Waals surface area contributed by atoms with E-state index in [1.807, 2.05) is 41.1 Å². The molecule has 0 aliphatic heterocycles. The molecule has 0 amide bonds. The summed E-state index contributed by atoms with van der Waals surface area (Å²) in [5, 5.41) is 17.6. The first-order valence-electron chi connectivity index (χ1n) is 10.7. The number of aliphatic hydroxyl groups is 1. The molecule has 2 aromatic heterocycles. The summed E-state index contributed by atoms with van der Waals surface area (Å²) in [6.07, 6.45) is 7.93. The van der Waals surface area contributed by atoms with Gasteiger partial charge >= 0.3 is 0 Å². The summed E-state index contributed by atoms with van der Waals surface area (Å²) in [5.74, 6) is 8.57. The quantitative estimate of drug-likeness (QED) is 0.617. The van der Waals surface area contributed by atoms with Crippen molar-refractivity contribution in [2.45, 2.75) is 57.3 Å². The van der Waals surface area contributed by atoms with E-state index in [0.29, 0.717) is 24.3 Å². The van der Waals surface area contributed by atoms with Crippen molar-refractivity contribution >= 4 is 0 Å². The Labute approximate surface area is 176 Å². The molecule has 3 aromatic rings. The van der Waals surface area contributed by atoms with Gasteiger partial charge in [0.15, 0.2) is 5.76 Å². The maximum absolute atomic E-state index is 9.79. The van der Waals surface area contributed by atoms with Gasteiger partial charge in [0.2, 0.25) is 0 Å². The van der Waals surface area contributed by atoms with Crippen LogP contribution in [-0.4, -0.2) is 31.9 Å². The van der Waals surface area contributed by atoms with Crippen molar-refractivity contribution in [3.63, 3.8) is 0 Å². The Kier molecular flexibility index (Phi) is 5.16. The Balaban J connectivity index is 1.19. The van der Waals surface area contributed by atoms with Crippen molar-refractivity contribution in [2.75, 3.05) is 0 Å². The third-order valence-electron chi connectivity index (χ3n) is 5.79.